The highest BCUT2D eigenvalue weighted by Gasteiger charge is 2.19. The number of halogens is 1. The average Bonchev–Trinajstić information content (AvgIpc) is 2.62. The number of nitrogens with zero attached hydrogens (tertiary/aromatic N) is 1. The Balaban J connectivity index is 0.00000312. The van der Waals surface area contributed by atoms with Gasteiger partial charge in [0, 0.05) is 6.07 Å². The maximum Gasteiger partial charge on any atom is 0.241 e. The van der Waals surface area contributed by atoms with Gasteiger partial charge in [-0.3, -0.25) is 4.79 Å². The summed E-state index contributed by atoms with van der Waals surface area (Å²) in [5, 5.41) is 2.76. The number of pyridine rings is 1. The molecule has 3 N–H and O–H groups in total. The summed E-state index contributed by atoms with van der Waals surface area (Å²) in [5.74, 6) is 1.75. The molecule has 7 heteroatoms. The molecule has 1 heterocycles. The van der Waals surface area contributed by atoms with Crippen LogP contribution in [0.4, 0.5) is 5.69 Å². The number of carbonyl (C=O) groups is 1. The molecule has 25 heavy (non-hydrogen) atoms. The van der Waals surface area contributed by atoms with Crippen LogP contribution in [0.2, 0.25) is 0 Å². The lowest BCUT2D eigenvalue weighted by atomic mass is 9.99. The van der Waals surface area contributed by atoms with Crippen molar-refractivity contribution in [2.45, 2.75) is 26.3 Å². The van der Waals surface area contributed by atoms with E-state index in [2.05, 4.69) is 10.3 Å². The zero-order chi connectivity index (χ0) is 17.5. The lowest BCUT2D eigenvalue weighted by molar-refractivity contribution is -0.118. The summed E-state index contributed by atoms with van der Waals surface area (Å²) in [6.07, 6.45) is 2.39. The molecule has 2 rings (SSSR count). The summed E-state index contributed by atoms with van der Waals surface area (Å²) >= 11 is 0. The van der Waals surface area contributed by atoms with Crippen LogP contribution in [-0.2, 0) is 4.79 Å². The van der Waals surface area contributed by atoms with Crippen molar-refractivity contribution in [1.82, 2.24) is 4.98 Å². The standard InChI is InChI=1S/C18H23N3O3.ClH/c1-4-12(2)17(19)18(22)21-13-5-10-16(20-11-13)24-15-8-6-14(23-3)7-9-15;/h5-12,17H,4,19H2,1-3H3,(H,21,22);1H. The van der Waals surface area contributed by atoms with Crippen molar-refractivity contribution in [1.29, 1.82) is 0 Å². The number of hydrogen-bond acceptors (Lipinski definition) is 5. The highest BCUT2D eigenvalue weighted by Crippen LogP contribution is 2.23. The number of aromatic nitrogens is 1. The molecule has 2 aromatic rings. The van der Waals surface area contributed by atoms with Crippen LogP contribution in [0.25, 0.3) is 0 Å². The average molecular weight is 366 g/mol. The maximum absolute atomic E-state index is 12.0. The van der Waals surface area contributed by atoms with Gasteiger partial charge in [-0.2, -0.15) is 0 Å². The van der Waals surface area contributed by atoms with E-state index in [0.29, 0.717) is 17.3 Å². The van der Waals surface area contributed by atoms with Crippen LogP contribution in [0.15, 0.2) is 42.6 Å². The Hall–Kier alpha value is -2.31. The first-order chi connectivity index (χ1) is 11.5. The topological polar surface area (TPSA) is 86.5 Å². The number of nitrogens with two attached hydrogens (primary N) is 1. The molecule has 6 nitrogen and oxygen atoms in total. The highest BCUT2D eigenvalue weighted by atomic mass is 35.5. The Morgan fingerprint density at radius 3 is 2.36 bits per heavy atom. The van der Waals surface area contributed by atoms with Gasteiger partial charge in [0.1, 0.15) is 11.5 Å². The molecule has 0 radical (unpaired) electrons. The molecule has 1 aromatic carbocycles. The van der Waals surface area contributed by atoms with Gasteiger partial charge < -0.3 is 20.5 Å². The molecule has 136 valence electrons. The molecule has 1 amide bonds. The van der Waals surface area contributed by atoms with Crippen LogP contribution >= 0.6 is 12.4 Å². The van der Waals surface area contributed by atoms with Gasteiger partial charge in [0.15, 0.2) is 0 Å². The first-order valence-corrected chi connectivity index (χ1v) is 7.88. The van der Waals surface area contributed by atoms with Gasteiger partial charge in [-0.1, -0.05) is 20.3 Å². The molecule has 2 atom stereocenters. The van der Waals surface area contributed by atoms with Gasteiger partial charge in [-0.15, -0.1) is 12.4 Å². The predicted molar refractivity (Wildman–Crippen MR) is 101 cm³/mol. The number of amides is 1. The molecule has 0 saturated carbocycles. The first kappa shape index (κ1) is 20.7. The number of benzene rings is 1. The maximum atomic E-state index is 12.0. The van der Waals surface area contributed by atoms with Gasteiger partial charge in [0.05, 0.1) is 25.0 Å². The van der Waals surface area contributed by atoms with E-state index in [-0.39, 0.29) is 24.2 Å². The minimum atomic E-state index is -0.537. The van der Waals surface area contributed by atoms with Gasteiger partial charge in [-0.05, 0) is 36.2 Å². The Labute approximate surface area is 154 Å². The summed E-state index contributed by atoms with van der Waals surface area (Å²) in [4.78, 5) is 16.2. The third-order valence-corrected chi connectivity index (χ3v) is 3.85. The van der Waals surface area contributed by atoms with Crippen molar-refractivity contribution in [3.05, 3.63) is 42.6 Å². The Bertz CT molecular complexity index is 662. The lowest BCUT2D eigenvalue weighted by Crippen LogP contribution is -2.40. The second kappa shape index (κ2) is 9.86. The second-order valence-corrected chi connectivity index (χ2v) is 5.56. The molecule has 2 unspecified atom stereocenters. The Morgan fingerprint density at radius 1 is 1.20 bits per heavy atom. The van der Waals surface area contributed by atoms with Crippen LogP contribution in [0.5, 0.6) is 17.4 Å². The molecule has 0 aliphatic rings. The molecule has 0 aliphatic heterocycles. The number of nitrogens with one attached hydrogen (secondary N) is 1. The first-order valence-electron chi connectivity index (χ1n) is 7.88. The minimum absolute atomic E-state index is 0. The van der Waals surface area contributed by atoms with E-state index in [0.717, 1.165) is 12.2 Å². The van der Waals surface area contributed by atoms with E-state index in [1.807, 2.05) is 13.8 Å². The van der Waals surface area contributed by atoms with E-state index in [1.54, 1.807) is 49.7 Å². The smallest absolute Gasteiger partial charge is 0.241 e. The molecule has 0 fully saturated rings. The largest absolute Gasteiger partial charge is 0.497 e. The van der Waals surface area contributed by atoms with E-state index >= 15 is 0 Å². The molecule has 0 bridgehead atoms. The predicted octanol–water partition coefficient (Wildman–Crippen LogP) is 3.62. The summed E-state index contributed by atoms with van der Waals surface area (Å²) < 4.78 is 10.7. The number of anilines is 1. The zero-order valence-electron chi connectivity index (χ0n) is 14.6. The quantitative estimate of drug-likeness (QED) is 0.782. The van der Waals surface area contributed by atoms with E-state index in [9.17, 15) is 4.79 Å². The van der Waals surface area contributed by atoms with Crippen LogP contribution in [0.1, 0.15) is 20.3 Å². The van der Waals surface area contributed by atoms with Crippen molar-refractivity contribution in [3.8, 4) is 17.4 Å². The van der Waals surface area contributed by atoms with E-state index < -0.39 is 6.04 Å². The molecule has 0 saturated heterocycles. The third-order valence-electron chi connectivity index (χ3n) is 3.85. The SMILES string of the molecule is CCC(C)C(N)C(=O)Nc1ccc(Oc2ccc(OC)cc2)nc1.Cl. The number of carbonyl (C=O) groups excluding carboxylic acids is 1. The molecular weight excluding hydrogens is 342 g/mol. The summed E-state index contributed by atoms with van der Waals surface area (Å²) in [6.45, 7) is 3.96. The number of hydrogen-bond donors (Lipinski definition) is 2. The van der Waals surface area contributed by atoms with Crippen molar-refractivity contribution in [2.24, 2.45) is 11.7 Å². The van der Waals surface area contributed by atoms with Crippen molar-refractivity contribution < 1.29 is 14.3 Å². The Kier molecular flexibility index (Phi) is 8.18. The monoisotopic (exact) mass is 365 g/mol. The Morgan fingerprint density at radius 2 is 1.84 bits per heavy atom. The van der Waals surface area contributed by atoms with E-state index in [1.165, 1.54) is 0 Å². The second-order valence-electron chi connectivity index (χ2n) is 5.56. The van der Waals surface area contributed by atoms with Gasteiger partial charge >= 0.3 is 0 Å². The lowest BCUT2D eigenvalue weighted by Gasteiger charge is -2.17. The normalized spacial score (nSPS) is 12.5. The van der Waals surface area contributed by atoms with Gasteiger partial charge in [0.25, 0.3) is 0 Å². The van der Waals surface area contributed by atoms with E-state index in [4.69, 9.17) is 15.2 Å². The molecule has 1 aromatic heterocycles. The fourth-order valence-electron chi connectivity index (χ4n) is 2.02. The van der Waals surface area contributed by atoms with Gasteiger partial charge in [-0.25, -0.2) is 4.98 Å². The summed E-state index contributed by atoms with van der Waals surface area (Å²) in [6, 6.07) is 10.1. The third kappa shape index (κ3) is 5.92. The van der Waals surface area contributed by atoms with Crippen molar-refractivity contribution in [3.63, 3.8) is 0 Å². The number of methoxy groups -OCH3 is 1. The van der Waals surface area contributed by atoms with Crippen LogP contribution in [-0.4, -0.2) is 24.0 Å². The van der Waals surface area contributed by atoms with Crippen LogP contribution in [0.3, 0.4) is 0 Å². The fraction of sp³-hybridized carbons (Fsp3) is 0.333. The van der Waals surface area contributed by atoms with Crippen molar-refractivity contribution in [2.75, 3.05) is 12.4 Å². The van der Waals surface area contributed by atoms with Crippen LogP contribution < -0.4 is 20.5 Å². The summed E-state index contributed by atoms with van der Waals surface area (Å²) in [7, 11) is 1.61. The molecule has 0 aliphatic carbocycles. The number of rotatable bonds is 7. The van der Waals surface area contributed by atoms with Crippen LogP contribution in [0, 0.1) is 5.92 Å². The zero-order valence-corrected chi connectivity index (χ0v) is 15.4. The molecular formula is C18H24ClN3O3. The van der Waals surface area contributed by atoms with Gasteiger partial charge in [0.2, 0.25) is 11.8 Å². The highest BCUT2D eigenvalue weighted by molar-refractivity contribution is 5.94. The fourth-order valence-corrected chi connectivity index (χ4v) is 2.02. The summed E-state index contributed by atoms with van der Waals surface area (Å²) in [5.41, 5.74) is 6.49. The minimum Gasteiger partial charge on any atom is -0.497 e. The number of ether oxygens (including phenoxy) is 2. The molecule has 0 spiro atoms. The van der Waals surface area contributed by atoms with Crippen molar-refractivity contribution >= 4 is 24.0 Å².